The monoisotopic (exact) mass is 654 g/mol. The fourth-order valence-electron chi connectivity index (χ4n) is 5.99. The second-order valence-corrected chi connectivity index (χ2v) is 12.7. The zero-order chi connectivity index (χ0) is 31.8. The molecular weight excluding hydrogens is 591 g/mol. The maximum Gasteiger partial charge on any atom is 0.135 e. The normalized spacial score (nSPS) is 11.7. The zero-order valence-electron chi connectivity index (χ0n) is 29.8. The van der Waals surface area contributed by atoms with Crippen LogP contribution in [0.5, 0.6) is 0 Å². The maximum atomic E-state index is 5.11. The summed E-state index contributed by atoms with van der Waals surface area (Å²) < 4.78 is 0. The minimum Gasteiger partial charge on any atom is -0.251 e. The number of hydrogen-bond acceptors (Lipinski definition) is 2. The Bertz CT molecular complexity index is 1200. The van der Waals surface area contributed by atoms with Crippen molar-refractivity contribution >= 4 is 22.8 Å². The molecule has 0 unspecified atom stereocenters. The van der Waals surface area contributed by atoms with Crippen LogP contribution in [0.2, 0.25) is 0 Å². The molecule has 2 aromatic carbocycles. The number of hydrogen-bond donors (Lipinski definition) is 0. The van der Waals surface area contributed by atoms with Gasteiger partial charge in [0.25, 0.3) is 0 Å². The first-order valence-corrected chi connectivity index (χ1v) is 18.4. The van der Waals surface area contributed by atoms with Crippen molar-refractivity contribution < 1.29 is 16.5 Å². The van der Waals surface area contributed by atoms with E-state index in [4.69, 9.17) is 9.98 Å². The number of unbranched alkanes of at least 4 members (excludes halogenated alkanes) is 11. The Morgan fingerprint density at radius 3 is 1.40 bits per heavy atom. The van der Waals surface area contributed by atoms with Crippen LogP contribution in [0.1, 0.15) is 167 Å². The van der Waals surface area contributed by atoms with Gasteiger partial charge in [-0.25, -0.2) is 4.99 Å². The molecule has 2 rings (SSSR count). The van der Waals surface area contributed by atoms with E-state index in [0.717, 1.165) is 74.2 Å². The summed E-state index contributed by atoms with van der Waals surface area (Å²) >= 11 is 0. The molecule has 0 saturated heterocycles. The van der Waals surface area contributed by atoms with Crippen LogP contribution in [0.15, 0.2) is 46.4 Å². The number of nitrogens with zero attached hydrogens (tertiary/aromatic N) is 2. The average Bonchev–Trinajstić information content (AvgIpc) is 3.01. The third-order valence-electron chi connectivity index (χ3n) is 8.45. The third-order valence-corrected chi connectivity index (χ3v) is 8.45. The molecule has 0 aliphatic rings. The van der Waals surface area contributed by atoms with Gasteiger partial charge in [-0.1, -0.05) is 143 Å². The Morgan fingerprint density at radius 2 is 0.933 bits per heavy atom. The summed E-state index contributed by atoms with van der Waals surface area (Å²) in [6.07, 6.45) is 24.9. The summed E-state index contributed by atoms with van der Waals surface area (Å²) in [6, 6.07) is 13.5. The van der Waals surface area contributed by atoms with Gasteiger partial charge in [-0.2, -0.15) is 0 Å². The Kier molecular flexibility index (Phi) is 23.6. The Balaban J connectivity index is 0.0000101. The van der Waals surface area contributed by atoms with Gasteiger partial charge < -0.3 is 0 Å². The van der Waals surface area contributed by atoms with Gasteiger partial charge in [0.15, 0.2) is 0 Å². The summed E-state index contributed by atoms with van der Waals surface area (Å²) in [5.74, 6) is 6.93. The molecule has 3 heteroatoms. The first kappa shape index (κ1) is 40.9. The standard InChI is InChI=1S/C42H64N2.Ni/c1-7-12-13-14-15-16-17-18-19-20-21-22-23-28-42(44-41-32-30-37(25-9-3)39(34-41)27-11-5)35(6)43-40-31-29-36(24-8-2)38(33-40)26-10-4;/h29-34H,7-22,24-27H2,1-6H3;/b43-35+,44-42+;. The van der Waals surface area contributed by atoms with Crippen LogP contribution in [0.4, 0.5) is 11.4 Å². The molecule has 2 aromatic rings. The van der Waals surface area contributed by atoms with Crippen molar-refractivity contribution in [2.45, 2.75) is 170 Å². The molecular formula is C42H64N2Ni. The molecule has 0 aliphatic carbocycles. The van der Waals surface area contributed by atoms with E-state index in [0.29, 0.717) is 0 Å². The molecule has 0 bridgehead atoms. The van der Waals surface area contributed by atoms with Gasteiger partial charge >= 0.3 is 0 Å². The summed E-state index contributed by atoms with van der Waals surface area (Å²) in [5.41, 5.74) is 9.47. The minimum absolute atomic E-state index is 0. The molecule has 0 heterocycles. The van der Waals surface area contributed by atoms with Crippen molar-refractivity contribution in [1.82, 2.24) is 0 Å². The van der Waals surface area contributed by atoms with Gasteiger partial charge in [-0.3, -0.25) is 4.99 Å². The van der Waals surface area contributed by atoms with E-state index in [-0.39, 0.29) is 16.5 Å². The van der Waals surface area contributed by atoms with Crippen molar-refractivity contribution in [2.75, 3.05) is 0 Å². The number of rotatable bonds is 22. The fourth-order valence-corrected chi connectivity index (χ4v) is 5.99. The van der Waals surface area contributed by atoms with Gasteiger partial charge in [0.2, 0.25) is 0 Å². The Labute approximate surface area is 288 Å². The predicted octanol–water partition coefficient (Wildman–Crippen LogP) is 13.1. The Hall–Kier alpha value is -2.17. The zero-order valence-corrected chi connectivity index (χ0v) is 30.8. The van der Waals surface area contributed by atoms with E-state index < -0.39 is 0 Å². The van der Waals surface area contributed by atoms with Gasteiger partial charge in [-0.15, -0.1) is 0 Å². The van der Waals surface area contributed by atoms with Crippen molar-refractivity contribution in [3.8, 4) is 11.8 Å². The maximum absolute atomic E-state index is 5.11. The molecule has 252 valence electrons. The first-order chi connectivity index (χ1) is 21.6. The minimum atomic E-state index is 0. The van der Waals surface area contributed by atoms with Crippen molar-refractivity contribution in [1.29, 1.82) is 0 Å². The summed E-state index contributed by atoms with van der Waals surface area (Å²) in [4.78, 5) is 10.2. The summed E-state index contributed by atoms with van der Waals surface area (Å²) in [6.45, 7) is 13.4. The molecule has 0 aliphatic heterocycles. The van der Waals surface area contributed by atoms with Crippen LogP contribution in [0.3, 0.4) is 0 Å². The summed E-state index contributed by atoms with van der Waals surface area (Å²) in [5, 5.41) is 0. The topological polar surface area (TPSA) is 24.7 Å². The van der Waals surface area contributed by atoms with Crippen molar-refractivity contribution in [3.05, 3.63) is 58.7 Å². The largest absolute Gasteiger partial charge is 0.251 e. The van der Waals surface area contributed by atoms with Crippen LogP contribution in [0, 0.1) is 11.8 Å². The molecule has 0 fully saturated rings. The van der Waals surface area contributed by atoms with Gasteiger partial charge in [0, 0.05) is 22.9 Å². The smallest absolute Gasteiger partial charge is 0.135 e. The van der Waals surface area contributed by atoms with E-state index in [1.165, 1.54) is 99.3 Å². The van der Waals surface area contributed by atoms with E-state index in [9.17, 15) is 0 Å². The average molecular weight is 656 g/mol. The molecule has 0 N–H and O–H groups in total. The van der Waals surface area contributed by atoms with Crippen molar-refractivity contribution in [3.63, 3.8) is 0 Å². The predicted molar refractivity (Wildman–Crippen MR) is 198 cm³/mol. The molecule has 0 radical (unpaired) electrons. The molecule has 45 heavy (non-hydrogen) atoms. The van der Waals surface area contributed by atoms with Crippen LogP contribution >= 0.6 is 0 Å². The van der Waals surface area contributed by atoms with Crippen LogP contribution < -0.4 is 0 Å². The molecule has 0 spiro atoms. The van der Waals surface area contributed by atoms with E-state index in [2.05, 4.69) is 89.8 Å². The molecule has 0 saturated carbocycles. The molecule has 0 amide bonds. The Morgan fingerprint density at radius 1 is 0.511 bits per heavy atom. The molecule has 2 nitrogen and oxygen atoms in total. The van der Waals surface area contributed by atoms with E-state index in [1.807, 2.05) is 0 Å². The van der Waals surface area contributed by atoms with Crippen LogP contribution in [0.25, 0.3) is 0 Å². The van der Waals surface area contributed by atoms with Crippen LogP contribution in [-0.2, 0) is 42.2 Å². The quantitative estimate of drug-likeness (QED) is 0.0522. The fraction of sp³-hybridized carbons (Fsp3) is 0.619. The molecule has 0 atom stereocenters. The number of aryl methyl sites for hydroxylation is 4. The SMILES string of the molecule is CCCCCCCCCCCCCC#CC(=N\c1ccc(CCC)c(CCC)c1)/C(C)=N/c1ccc(CCC)c(CCC)c1.[Ni]. The summed E-state index contributed by atoms with van der Waals surface area (Å²) in [7, 11) is 0. The van der Waals surface area contributed by atoms with Crippen LogP contribution in [-0.4, -0.2) is 11.4 Å². The second kappa shape index (κ2) is 26.0. The third kappa shape index (κ3) is 16.8. The number of aliphatic imine (C=N–C) groups is 2. The van der Waals surface area contributed by atoms with Gasteiger partial charge in [-0.05, 0) is 91.5 Å². The second-order valence-electron chi connectivity index (χ2n) is 12.7. The van der Waals surface area contributed by atoms with E-state index >= 15 is 0 Å². The number of benzene rings is 2. The first-order valence-electron chi connectivity index (χ1n) is 18.4. The van der Waals surface area contributed by atoms with E-state index in [1.54, 1.807) is 0 Å². The van der Waals surface area contributed by atoms with Crippen molar-refractivity contribution in [2.24, 2.45) is 9.98 Å². The molecule has 0 aromatic heterocycles. The van der Waals surface area contributed by atoms with Gasteiger partial charge in [0.1, 0.15) is 5.71 Å². The van der Waals surface area contributed by atoms with Gasteiger partial charge in [0.05, 0.1) is 17.1 Å².